The Morgan fingerprint density at radius 3 is 2.91 bits per heavy atom. The first-order valence-corrected chi connectivity index (χ1v) is 11.4. The molecular weight excluding hydrogens is 444 g/mol. The van der Waals surface area contributed by atoms with Crippen molar-refractivity contribution in [3.05, 3.63) is 83.9 Å². The molecule has 1 atom stereocenters. The molecule has 1 aliphatic rings. The highest BCUT2D eigenvalue weighted by molar-refractivity contribution is 5.95. The number of benzene rings is 2. The number of ether oxygens (including phenoxy) is 3. The summed E-state index contributed by atoms with van der Waals surface area (Å²) in [6.45, 7) is 2.57. The van der Waals surface area contributed by atoms with E-state index in [0.29, 0.717) is 31.1 Å². The molecule has 0 saturated carbocycles. The molecule has 2 aromatic carbocycles. The topological polar surface area (TPSA) is 98.4 Å². The number of fused-ring (bicyclic) bond motifs is 1. The molecule has 0 saturated heterocycles. The number of rotatable bonds is 7. The number of nitrogens with one attached hydrogen (secondary N) is 2. The Bertz CT molecular complexity index is 1340. The predicted octanol–water partition coefficient (Wildman–Crippen LogP) is 4.56. The maximum absolute atomic E-state index is 13.2. The van der Waals surface area contributed by atoms with Crippen LogP contribution < -0.4 is 19.5 Å². The molecule has 1 amide bonds. The third-order valence-corrected chi connectivity index (χ3v) is 6.04. The monoisotopic (exact) mass is 470 g/mol. The average molecular weight is 471 g/mol. The van der Waals surface area contributed by atoms with Crippen LogP contribution in [0.4, 0.5) is 5.69 Å². The highest BCUT2D eigenvalue weighted by Crippen LogP contribution is 2.34. The number of pyridine rings is 1. The van der Waals surface area contributed by atoms with Crippen molar-refractivity contribution >= 4 is 11.6 Å². The zero-order valence-electron chi connectivity index (χ0n) is 19.6. The Kier molecular flexibility index (Phi) is 6.34. The van der Waals surface area contributed by atoms with Crippen molar-refractivity contribution < 1.29 is 19.0 Å². The second-order valence-corrected chi connectivity index (χ2v) is 8.42. The molecule has 4 aromatic rings. The Hall–Kier alpha value is -4.33. The van der Waals surface area contributed by atoms with E-state index in [1.165, 1.54) is 0 Å². The van der Waals surface area contributed by atoms with Gasteiger partial charge in [-0.1, -0.05) is 12.1 Å². The largest absolute Gasteiger partial charge is 0.497 e. The minimum absolute atomic E-state index is 0.128. The lowest BCUT2D eigenvalue weighted by Gasteiger charge is -2.25. The van der Waals surface area contributed by atoms with Gasteiger partial charge >= 0.3 is 0 Å². The molecule has 2 N–H and O–H groups in total. The standard InChI is InChI=1S/C27H26N4O4/c1-17-23(14-29-31-17)19-5-7-24(26(12-19)34-15-18-4-3-9-28-13-18)30-27(32)21-10-20-11-22(33-2)6-8-25(20)35-16-21/h3-9,11-14,21H,10,15-16H2,1-2H3,(H,29,31)(H,30,32). The summed E-state index contributed by atoms with van der Waals surface area (Å²) in [5.41, 5.74) is 5.28. The van der Waals surface area contributed by atoms with Gasteiger partial charge in [-0.2, -0.15) is 5.10 Å². The molecular formula is C27H26N4O4. The Labute approximate surface area is 203 Å². The number of hydrogen-bond donors (Lipinski definition) is 2. The van der Waals surface area contributed by atoms with E-state index in [-0.39, 0.29) is 11.8 Å². The second kappa shape index (κ2) is 9.89. The fraction of sp³-hybridized carbons (Fsp3) is 0.222. The molecule has 0 radical (unpaired) electrons. The van der Waals surface area contributed by atoms with Crippen LogP contribution in [0.1, 0.15) is 16.8 Å². The van der Waals surface area contributed by atoms with Crippen LogP contribution in [0, 0.1) is 12.8 Å². The van der Waals surface area contributed by atoms with Gasteiger partial charge in [0.15, 0.2) is 0 Å². The molecule has 1 unspecified atom stereocenters. The maximum Gasteiger partial charge on any atom is 0.231 e. The van der Waals surface area contributed by atoms with Gasteiger partial charge in [-0.3, -0.25) is 14.9 Å². The molecule has 5 rings (SSSR count). The number of aromatic nitrogens is 3. The van der Waals surface area contributed by atoms with Crippen molar-refractivity contribution in [3.8, 4) is 28.4 Å². The number of methoxy groups -OCH3 is 1. The summed E-state index contributed by atoms with van der Waals surface area (Å²) in [4.78, 5) is 17.4. The van der Waals surface area contributed by atoms with Crippen molar-refractivity contribution in [2.45, 2.75) is 20.0 Å². The third kappa shape index (κ3) is 4.96. The predicted molar refractivity (Wildman–Crippen MR) is 132 cm³/mol. The highest BCUT2D eigenvalue weighted by Gasteiger charge is 2.27. The first kappa shape index (κ1) is 22.5. The summed E-state index contributed by atoms with van der Waals surface area (Å²) in [5.74, 6) is 1.63. The molecule has 1 aliphatic heterocycles. The number of H-pyrrole nitrogens is 1. The van der Waals surface area contributed by atoms with E-state index in [0.717, 1.165) is 39.4 Å². The first-order chi connectivity index (χ1) is 17.1. The minimum Gasteiger partial charge on any atom is -0.497 e. The lowest BCUT2D eigenvalue weighted by molar-refractivity contribution is -0.121. The lowest BCUT2D eigenvalue weighted by Crippen LogP contribution is -2.32. The van der Waals surface area contributed by atoms with Gasteiger partial charge in [0, 0.05) is 29.7 Å². The summed E-state index contributed by atoms with van der Waals surface area (Å²) in [6, 6.07) is 15.2. The van der Waals surface area contributed by atoms with Crippen LogP contribution >= 0.6 is 0 Å². The van der Waals surface area contributed by atoms with E-state index in [1.807, 2.05) is 61.7 Å². The van der Waals surface area contributed by atoms with E-state index in [1.54, 1.807) is 19.5 Å². The van der Waals surface area contributed by atoms with Crippen LogP contribution in [0.15, 0.2) is 67.1 Å². The van der Waals surface area contributed by atoms with E-state index in [2.05, 4.69) is 20.5 Å². The van der Waals surface area contributed by atoms with E-state index in [9.17, 15) is 4.79 Å². The molecule has 0 bridgehead atoms. The van der Waals surface area contributed by atoms with Crippen molar-refractivity contribution in [1.82, 2.24) is 15.2 Å². The van der Waals surface area contributed by atoms with Gasteiger partial charge in [0.25, 0.3) is 0 Å². The number of aryl methyl sites for hydroxylation is 1. The summed E-state index contributed by atoms with van der Waals surface area (Å²) in [6.07, 6.45) is 5.89. The highest BCUT2D eigenvalue weighted by atomic mass is 16.5. The molecule has 0 aliphatic carbocycles. The molecule has 35 heavy (non-hydrogen) atoms. The summed E-state index contributed by atoms with van der Waals surface area (Å²) in [5, 5.41) is 10.1. The van der Waals surface area contributed by atoms with Crippen molar-refractivity contribution in [1.29, 1.82) is 0 Å². The number of carbonyl (C=O) groups is 1. The number of amides is 1. The maximum atomic E-state index is 13.2. The van der Waals surface area contributed by atoms with Crippen LogP contribution in [0.5, 0.6) is 17.2 Å². The zero-order chi connectivity index (χ0) is 24.2. The van der Waals surface area contributed by atoms with Gasteiger partial charge < -0.3 is 19.5 Å². The summed E-state index contributed by atoms with van der Waals surface area (Å²) >= 11 is 0. The quantitative estimate of drug-likeness (QED) is 0.411. The third-order valence-electron chi connectivity index (χ3n) is 6.04. The van der Waals surface area contributed by atoms with Crippen LogP contribution in [0.25, 0.3) is 11.1 Å². The van der Waals surface area contributed by atoms with Crippen LogP contribution in [-0.4, -0.2) is 34.8 Å². The molecule has 8 nitrogen and oxygen atoms in total. The average Bonchev–Trinajstić information content (AvgIpc) is 3.33. The Morgan fingerprint density at radius 1 is 1.23 bits per heavy atom. The zero-order valence-corrected chi connectivity index (χ0v) is 19.6. The number of carbonyl (C=O) groups excluding carboxylic acids is 1. The van der Waals surface area contributed by atoms with E-state index < -0.39 is 0 Å². The first-order valence-electron chi connectivity index (χ1n) is 11.4. The lowest BCUT2D eigenvalue weighted by atomic mass is 9.95. The smallest absolute Gasteiger partial charge is 0.231 e. The summed E-state index contributed by atoms with van der Waals surface area (Å²) < 4.78 is 17.3. The SMILES string of the molecule is COc1ccc2c(c1)CC(C(=O)Nc1ccc(-c3c[nH]nc3C)cc1OCc1cccnc1)CO2. The fourth-order valence-corrected chi connectivity index (χ4v) is 4.11. The Balaban J connectivity index is 1.37. The van der Waals surface area contributed by atoms with E-state index in [4.69, 9.17) is 14.2 Å². The molecule has 0 spiro atoms. The van der Waals surface area contributed by atoms with Crippen molar-refractivity contribution in [2.75, 3.05) is 19.0 Å². The van der Waals surface area contributed by atoms with Gasteiger partial charge in [0.1, 0.15) is 30.5 Å². The molecule has 2 aromatic heterocycles. The van der Waals surface area contributed by atoms with Gasteiger partial charge in [0.2, 0.25) is 5.91 Å². The fourth-order valence-electron chi connectivity index (χ4n) is 4.11. The van der Waals surface area contributed by atoms with Crippen LogP contribution in [-0.2, 0) is 17.8 Å². The normalized spacial score (nSPS) is 14.5. The van der Waals surface area contributed by atoms with Crippen molar-refractivity contribution in [2.24, 2.45) is 5.92 Å². The van der Waals surface area contributed by atoms with E-state index >= 15 is 0 Å². The van der Waals surface area contributed by atoms with Crippen molar-refractivity contribution in [3.63, 3.8) is 0 Å². The van der Waals surface area contributed by atoms with Crippen LogP contribution in [0.3, 0.4) is 0 Å². The summed E-state index contributed by atoms with van der Waals surface area (Å²) in [7, 11) is 1.62. The minimum atomic E-state index is -0.337. The molecule has 8 heteroatoms. The van der Waals surface area contributed by atoms with Gasteiger partial charge in [0.05, 0.1) is 24.4 Å². The van der Waals surface area contributed by atoms with Crippen LogP contribution in [0.2, 0.25) is 0 Å². The van der Waals surface area contributed by atoms with Gasteiger partial charge in [-0.05, 0) is 60.9 Å². The number of anilines is 1. The second-order valence-electron chi connectivity index (χ2n) is 8.42. The molecule has 0 fully saturated rings. The molecule has 3 heterocycles. The van der Waals surface area contributed by atoms with Gasteiger partial charge in [-0.15, -0.1) is 0 Å². The number of aromatic amines is 1. The molecule has 178 valence electrons. The number of nitrogens with zero attached hydrogens (tertiary/aromatic N) is 2. The Morgan fingerprint density at radius 2 is 2.14 bits per heavy atom. The number of hydrogen-bond acceptors (Lipinski definition) is 6. The van der Waals surface area contributed by atoms with Gasteiger partial charge in [-0.25, -0.2) is 0 Å².